The van der Waals surface area contributed by atoms with Crippen LogP contribution in [0.5, 0.6) is 5.75 Å². The van der Waals surface area contributed by atoms with Crippen molar-refractivity contribution in [3.63, 3.8) is 0 Å². The second-order valence-electron chi connectivity index (χ2n) is 10.8. The van der Waals surface area contributed by atoms with Crippen LogP contribution in [0, 0.1) is 17.7 Å². The minimum Gasteiger partial charge on any atom is -0.486 e. The second kappa shape index (κ2) is 8.63. The SMILES string of the molecule is O=C1CCC(N2Cc3cc(O[C@H]4CCCC[C@@H]4N4CC(C5CCC5)C4)c(F)cc3C2=O)C(=O)N1. The number of rotatable bonds is 5. The summed E-state index contributed by atoms with van der Waals surface area (Å²) in [5, 5.41) is 2.30. The van der Waals surface area contributed by atoms with Gasteiger partial charge in [-0.05, 0) is 55.2 Å². The predicted molar refractivity (Wildman–Crippen MR) is 122 cm³/mol. The molecule has 0 spiro atoms. The van der Waals surface area contributed by atoms with E-state index in [0.717, 1.165) is 44.2 Å². The van der Waals surface area contributed by atoms with E-state index < -0.39 is 17.8 Å². The molecule has 0 aromatic heterocycles. The molecule has 34 heavy (non-hydrogen) atoms. The van der Waals surface area contributed by atoms with E-state index in [1.807, 2.05) is 0 Å². The third kappa shape index (κ3) is 3.80. The number of nitrogens with one attached hydrogen (secondary N) is 1. The van der Waals surface area contributed by atoms with Crippen molar-refractivity contribution >= 4 is 17.7 Å². The highest BCUT2D eigenvalue weighted by Gasteiger charge is 2.43. The summed E-state index contributed by atoms with van der Waals surface area (Å²) in [4.78, 5) is 40.7. The normalized spacial score (nSPS) is 30.6. The highest BCUT2D eigenvalue weighted by molar-refractivity contribution is 6.05. The number of imide groups is 1. The molecular formula is C26H32FN3O4. The van der Waals surface area contributed by atoms with Gasteiger partial charge in [0.25, 0.3) is 5.91 Å². The van der Waals surface area contributed by atoms with Crippen LogP contribution in [0.2, 0.25) is 0 Å². The van der Waals surface area contributed by atoms with Crippen LogP contribution in [-0.4, -0.2) is 58.8 Å². The van der Waals surface area contributed by atoms with Gasteiger partial charge < -0.3 is 9.64 Å². The zero-order chi connectivity index (χ0) is 23.4. The summed E-state index contributed by atoms with van der Waals surface area (Å²) in [7, 11) is 0. The molecule has 8 heteroatoms. The molecule has 3 amide bonds. The number of amides is 3. The van der Waals surface area contributed by atoms with E-state index in [2.05, 4.69) is 10.2 Å². The van der Waals surface area contributed by atoms with Gasteiger partial charge in [-0.3, -0.25) is 24.6 Å². The van der Waals surface area contributed by atoms with Crippen LogP contribution in [0.15, 0.2) is 12.1 Å². The molecule has 7 nitrogen and oxygen atoms in total. The lowest BCUT2D eigenvalue weighted by atomic mass is 9.71. The fourth-order valence-corrected chi connectivity index (χ4v) is 6.48. The lowest BCUT2D eigenvalue weighted by Crippen LogP contribution is -2.60. The minimum atomic E-state index is -0.706. The lowest BCUT2D eigenvalue weighted by molar-refractivity contribution is -0.136. The lowest BCUT2D eigenvalue weighted by Gasteiger charge is -2.52. The van der Waals surface area contributed by atoms with Crippen LogP contribution in [0.4, 0.5) is 4.39 Å². The number of likely N-dealkylation sites (tertiary alicyclic amines) is 1. The molecule has 4 fully saturated rings. The third-order valence-electron chi connectivity index (χ3n) is 8.75. The van der Waals surface area contributed by atoms with Crippen LogP contribution in [0.1, 0.15) is 73.7 Å². The fourth-order valence-electron chi connectivity index (χ4n) is 6.48. The number of fused-ring (bicyclic) bond motifs is 1. The first-order chi connectivity index (χ1) is 16.5. The maximum atomic E-state index is 15.1. The van der Waals surface area contributed by atoms with E-state index >= 15 is 4.39 Å². The summed E-state index contributed by atoms with van der Waals surface area (Å²) in [6, 6.07) is 2.52. The van der Waals surface area contributed by atoms with Gasteiger partial charge in [0.15, 0.2) is 11.6 Å². The molecule has 2 saturated heterocycles. The van der Waals surface area contributed by atoms with Gasteiger partial charge >= 0.3 is 0 Å². The molecule has 1 unspecified atom stereocenters. The van der Waals surface area contributed by atoms with Crippen LogP contribution in [-0.2, 0) is 16.1 Å². The zero-order valence-electron chi connectivity index (χ0n) is 19.4. The van der Waals surface area contributed by atoms with E-state index in [-0.39, 0.29) is 48.6 Å². The number of piperidine rings is 1. The molecule has 2 saturated carbocycles. The van der Waals surface area contributed by atoms with Crippen molar-refractivity contribution in [3.05, 3.63) is 29.1 Å². The van der Waals surface area contributed by atoms with Crippen LogP contribution in [0.3, 0.4) is 0 Å². The van der Waals surface area contributed by atoms with Crippen molar-refractivity contribution in [2.75, 3.05) is 13.1 Å². The first-order valence-electron chi connectivity index (χ1n) is 12.9. The van der Waals surface area contributed by atoms with Crippen molar-refractivity contribution in [3.8, 4) is 5.75 Å². The molecule has 3 aliphatic heterocycles. The Labute approximate surface area is 199 Å². The standard InChI is InChI=1S/C26H32FN3O4/c27-19-11-18-16(14-30(26(18)33)21-8-9-24(31)28-25(21)32)10-23(19)34-22-7-2-1-6-20(22)29-12-17(13-29)15-4-3-5-15/h10-11,15,17,20-22H,1-9,12-14H2,(H,28,31,32)/t20-,21?,22-/m0/s1. The van der Waals surface area contributed by atoms with Gasteiger partial charge in [-0.15, -0.1) is 0 Å². The average molecular weight is 470 g/mol. The number of halogens is 1. The number of hydrogen-bond acceptors (Lipinski definition) is 5. The van der Waals surface area contributed by atoms with Crippen molar-refractivity contribution < 1.29 is 23.5 Å². The number of benzene rings is 1. The molecule has 1 aromatic rings. The Kier molecular flexibility index (Phi) is 5.59. The summed E-state index contributed by atoms with van der Waals surface area (Å²) >= 11 is 0. The quantitative estimate of drug-likeness (QED) is 0.671. The van der Waals surface area contributed by atoms with Gasteiger partial charge in [0.2, 0.25) is 11.8 Å². The largest absolute Gasteiger partial charge is 0.486 e. The molecule has 0 radical (unpaired) electrons. The summed E-state index contributed by atoms with van der Waals surface area (Å²) in [5.41, 5.74) is 0.952. The fraction of sp³-hybridized carbons (Fsp3) is 0.654. The Morgan fingerprint density at radius 1 is 0.941 bits per heavy atom. The predicted octanol–water partition coefficient (Wildman–Crippen LogP) is 3.01. The average Bonchev–Trinajstić information content (AvgIpc) is 3.05. The van der Waals surface area contributed by atoms with E-state index in [4.69, 9.17) is 4.74 Å². The highest BCUT2D eigenvalue weighted by atomic mass is 19.1. The molecular weight excluding hydrogens is 437 g/mol. The van der Waals surface area contributed by atoms with Gasteiger partial charge in [0, 0.05) is 37.7 Å². The topological polar surface area (TPSA) is 79.0 Å². The number of ether oxygens (including phenoxy) is 1. The summed E-state index contributed by atoms with van der Waals surface area (Å²) in [6.45, 7) is 2.49. The Bertz CT molecular complexity index is 1020. The molecule has 3 atom stereocenters. The third-order valence-corrected chi connectivity index (χ3v) is 8.75. The van der Waals surface area contributed by atoms with Gasteiger partial charge in [-0.25, -0.2) is 4.39 Å². The van der Waals surface area contributed by atoms with Crippen molar-refractivity contribution in [1.29, 1.82) is 0 Å². The molecule has 182 valence electrons. The zero-order valence-corrected chi connectivity index (χ0v) is 19.4. The Morgan fingerprint density at radius 3 is 2.47 bits per heavy atom. The molecule has 1 N–H and O–H groups in total. The Balaban J connectivity index is 1.15. The molecule has 0 bridgehead atoms. The second-order valence-corrected chi connectivity index (χ2v) is 10.8. The molecule has 3 heterocycles. The Hall–Kier alpha value is -2.48. The number of nitrogens with zero attached hydrogens (tertiary/aromatic N) is 2. The maximum Gasteiger partial charge on any atom is 0.255 e. The minimum absolute atomic E-state index is 0.0491. The Morgan fingerprint density at radius 2 is 1.74 bits per heavy atom. The number of carbonyl (C=O) groups is 3. The molecule has 2 aliphatic carbocycles. The highest BCUT2D eigenvalue weighted by Crippen LogP contribution is 2.41. The van der Waals surface area contributed by atoms with Crippen molar-refractivity contribution in [2.24, 2.45) is 11.8 Å². The van der Waals surface area contributed by atoms with Gasteiger partial charge in [-0.1, -0.05) is 25.7 Å². The number of carbonyl (C=O) groups excluding carboxylic acids is 3. The van der Waals surface area contributed by atoms with E-state index in [1.165, 1.54) is 36.6 Å². The summed E-state index contributed by atoms with van der Waals surface area (Å²) in [5.74, 6) is 0.232. The van der Waals surface area contributed by atoms with Crippen LogP contribution >= 0.6 is 0 Å². The van der Waals surface area contributed by atoms with Gasteiger partial charge in [0.05, 0.1) is 0 Å². The monoisotopic (exact) mass is 469 g/mol. The smallest absolute Gasteiger partial charge is 0.255 e. The van der Waals surface area contributed by atoms with E-state index in [0.29, 0.717) is 11.6 Å². The van der Waals surface area contributed by atoms with Gasteiger partial charge in [0.1, 0.15) is 12.1 Å². The van der Waals surface area contributed by atoms with E-state index in [9.17, 15) is 14.4 Å². The van der Waals surface area contributed by atoms with Crippen molar-refractivity contribution in [2.45, 2.75) is 82.5 Å². The maximum absolute atomic E-state index is 15.1. The number of hydrogen-bond donors (Lipinski definition) is 1. The van der Waals surface area contributed by atoms with Crippen LogP contribution in [0.25, 0.3) is 0 Å². The molecule has 5 aliphatic rings. The summed E-state index contributed by atoms with van der Waals surface area (Å²) in [6.07, 6.45) is 8.80. The first kappa shape index (κ1) is 22.0. The van der Waals surface area contributed by atoms with Crippen LogP contribution < -0.4 is 10.1 Å². The van der Waals surface area contributed by atoms with E-state index in [1.54, 1.807) is 6.07 Å². The summed E-state index contributed by atoms with van der Waals surface area (Å²) < 4.78 is 21.4. The van der Waals surface area contributed by atoms with Gasteiger partial charge in [-0.2, -0.15) is 0 Å². The molecule has 6 rings (SSSR count). The van der Waals surface area contributed by atoms with Crippen molar-refractivity contribution in [1.82, 2.24) is 15.1 Å². The molecule has 1 aromatic carbocycles. The first-order valence-corrected chi connectivity index (χ1v) is 12.9.